The molecule has 0 fully saturated rings. The molecule has 0 radical (unpaired) electrons. The van der Waals surface area contributed by atoms with Gasteiger partial charge in [-0.2, -0.15) is 0 Å². The smallest absolute Gasteiger partial charge is 0.371 e. The van der Waals surface area contributed by atoms with Crippen LogP contribution in [0, 0.1) is 0 Å². The molecule has 0 spiro atoms. The van der Waals surface area contributed by atoms with Crippen LogP contribution in [0.4, 0.5) is 5.69 Å². The van der Waals surface area contributed by atoms with Gasteiger partial charge in [-0.05, 0) is 48.5 Å². The normalized spacial score (nSPS) is 10.3. The minimum absolute atomic E-state index is 0.110. The summed E-state index contributed by atoms with van der Waals surface area (Å²) in [6.45, 7) is 0. The zero-order valence-electron chi connectivity index (χ0n) is 12.0. The second kappa shape index (κ2) is 6.19. The number of carboxylic acids is 1. The summed E-state index contributed by atoms with van der Waals surface area (Å²) in [4.78, 5) is 22.9. The van der Waals surface area contributed by atoms with Crippen molar-refractivity contribution >= 4 is 17.6 Å². The number of rotatable bonds is 4. The Bertz CT molecular complexity index is 835. The topological polar surface area (TPSA) is 79.5 Å². The highest BCUT2D eigenvalue weighted by atomic mass is 16.4. The third-order valence-corrected chi connectivity index (χ3v) is 3.28. The third-order valence-electron chi connectivity index (χ3n) is 3.28. The number of anilines is 1. The quantitative estimate of drug-likeness (QED) is 0.766. The summed E-state index contributed by atoms with van der Waals surface area (Å²) in [6, 6.07) is 18.9. The maximum Gasteiger partial charge on any atom is 0.371 e. The van der Waals surface area contributed by atoms with Crippen LogP contribution in [0.15, 0.2) is 71.1 Å². The van der Waals surface area contributed by atoms with Gasteiger partial charge in [0.05, 0.1) is 0 Å². The molecule has 3 rings (SSSR count). The summed E-state index contributed by atoms with van der Waals surface area (Å²) < 4.78 is 5.23. The Kier molecular flexibility index (Phi) is 3.93. The lowest BCUT2D eigenvalue weighted by molar-refractivity contribution is 0.0663. The Morgan fingerprint density at radius 3 is 2.17 bits per heavy atom. The SMILES string of the molecule is O=C(Nc1ccc(-c2ccc(C(=O)O)o2)cc1)c1ccccc1. The van der Waals surface area contributed by atoms with Gasteiger partial charge in [0.1, 0.15) is 5.76 Å². The average Bonchev–Trinajstić information content (AvgIpc) is 3.07. The first-order valence-electron chi connectivity index (χ1n) is 6.93. The molecular formula is C18H13NO4. The molecule has 5 nitrogen and oxygen atoms in total. The molecule has 23 heavy (non-hydrogen) atoms. The van der Waals surface area contributed by atoms with Gasteiger partial charge in [-0.3, -0.25) is 4.79 Å². The Labute approximate surface area is 132 Å². The number of hydrogen-bond donors (Lipinski definition) is 2. The van der Waals surface area contributed by atoms with Crippen molar-refractivity contribution in [2.24, 2.45) is 0 Å². The molecule has 0 atom stereocenters. The predicted molar refractivity (Wildman–Crippen MR) is 85.5 cm³/mol. The Balaban J connectivity index is 1.74. The third kappa shape index (κ3) is 3.29. The first-order chi connectivity index (χ1) is 11.1. The molecule has 0 bridgehead atoms. The monoisotopic (exact) mass is 307 g/mol. The van der Waals surface area contributed by atoms with Gasteiger partial charge in [-0.1, -0.05) is 18.2 Å². The number of amides is 1. The lowest BCUT2D eigenvalue weighted by atomic mass is 10.1. The van der Waals surface area contributed by atoms with Gasteiger partial charge in [-0.15, -0.1) is 0 Å². The van der Waals surface area contributed by atoms with Crippen molar-refractivity contribution in [3.05, 3.63) is 78.1 Å². The number of benzene rings is 2. The highest BCUT2D eigenvalue weighted by Crippen LogP contribution is 2.24. The molecule has 2 N–H and O–H groups in total. The molecule has 1 aromatic heterocycles. The van der Waals surface area contributed by atoms with Crippen LogP contribution in [0.5, 0.6) is 0 Å². The zero-order chi connectivity index (χ0) is 16.2. The fraction of sp³-hybridized carbons (Fsp3) is 0. The summed E-state index contributed by atoms with van der Waals surface area (Å²) in [5.74, 6) is -0.947. The van der Waals surface area contributed by atoms with Crippen LogP contribution < -0.4 is 5.32 Å². The van der Waals surface area contributed by atoms with Crippen molar-refractivity contribution in [2.75, 3.05) is 5.32 Å². The van der Waals surface area contributed by atoms with Crippen molar-refractivity contribution in [1.29, 1.82) is 0 Å². The first-order valence-corrected chi connectivity index (χ1v) is 6.93. The van der Waals surface area contributed by atoms with Crippen LogP contribution in [0.3, 0.4) is 0 Å². The molecule has 0 aliphatic carbocycles. The lowest BCUT2D eigenvalue weighted by Gasteiger charge is -2.06. The van der Waals surface area contributed by atoms with E-state index in [9.17, 15) is 9.59 Å². The molecule has 0 aliphatic heterocycles. The van der Waals surface area contributed by atoms with Crippen molar-refractivity contribution in [3.8, 4) is 11.3 Å². The number of carboxylic acid groups (broad SMARTS) is 1. The Morgan fingerprint density at radius 1 is 0.870 bits per heavy atom. The minimum atomic E-state index is -1.11. The molecule has 0 unspecified atom stereocenters. The van der Waals surface area contributed by atoms with E-state index in [1.54, 1.807) is 54.6 Å². The van der Waals surface area contributed by atoms with Crippen LogP contribution in [-0.4, -0.2) is 17.0 Å². The number of carbonyl (C=O) groups is 2. The molecular weight excluding hydrogens is 294 g/mol. The van der Waals surface area contributed by atoms with E-state index >= 15 is 0 Å². The fourth-order valence-corrected chi connectivity index (χ4v) is 2.12. The van der Waals surface area contributed by atoms with Crippen LogP contribution in [0.25, 0.3) is 11.3 Å². The molecule has 2 aromatic carbocycles. The Morgan fingerprint density at radius 2 is 1.57 bits per heavy atom. The van der Waals surface area contributed by atoms with Gasteiger partial charge in [0.2, 0.25) is 5.76 Å². The molecule has 0 aliphatic rings. The van der Waals surface area contributed by atoms with Crippen molar-refractivity contribution in [1.82, 2.24) is 0 Å². The number of furan rings is 1. The van der Waals surface area contributed by atoms with Crippen LogP contribution in [-0.2, 0) is 0 Å². The molecule has 1 heterocycles. The summed E-state index contributed by atoms with van der Waals surface area (Å²) >= 11 is 0. The van der Waals surface area contributed by atoms with E-state index in [1.165, 1.54) is 6.07 Å². The maximum absolute atomic E-state index is 12.1. The van der Waals surface area contributed by atoms with Gasteiger partial charge in [0.15, 0.2) is 0 Å². The second-order valence-electron chi connectivity index (χ2n) is 4.87. The molecule has 3 aromatic rings. The number of hydrogen-bond acceptors (Lipinski definition) is 3. The highest BCUT2D eigenvalue weighted by molar-refractivity contribution is 6.04. The largest absolute Gasteiger partial charge is 0.475 e. The van der Waals surface area contributed by atoms with Gasteiger partial charge >= 0.3 is 5.97 Å². The fourth-order valence-electron chi connectivity index (χ4n) is 2.12. The zero-order valence-corrected chi connectivity index (χ0v) is 12.0. The van der Waals surface area contributed by atoms with Crippen LogP contribution >= 0.6 is 0 Å². The van der Waals surface area contributed by atoms with E-state index in [0.717, 1.165) is 5.56 Å². The molecule has 0 saturated heterocycles. The average molecular weight is 307 g/mol. The number of aromatic carboxylic acids is 1. The number of carbonyl (C=O) groups excluding carboxylic acids is 1. The van der Waals surface area contributed by atoms with Gasteiger partial charge in [0, 0.05) is 16.8 Å². The van der Waals surface area contributed by atoms with Gasteiger partial charge in [-0.25, -0.2) is 4.79 Å². The van der Waals surface area contributed by atoms with E-state index < -0.39 is 5.97 Å². The van der Waals surface area contributed by atoms with Crippen molar-refractivity contribution in [2.45, 2.75) is 0 Å². The second-order valence-corrected chi connectivity index (χ2v) is 4.87. The lowest BCUT2D eigenvalue weighted by Crippen LogP contribution is -2.11. The summed E-state index contributed by atoms with van der Waals surface area (Å²) in [5.41, 5.74) is 1.96. The molecule has 5 heteroatoms. The Hall–Kier alpha value is -3.34. The summed E-state index contributed by atoms with van der Waals surface area (Å²) in [6.07, 6.45) is 0. The maximum atomic E-state index is 12.1. The van der Waals surface area contributed by atoms with E-state index in [4.69, 9.17) is 9.52 Å². The van der Waals surface area contributed by atoms with Crippen molar-refractivity contribution in [3.63, 3.8) is 0 Å². The van der Waals surface area contributed by atoms with Gasteiger partial charge < -0.3 is 14.8 Å². The standard InChI is InChI=1S/C18H13NO4/c20-17(13-4-2-1-3-5-13)19-14-8-6-12(7-9-14)15-10-11-16(23-15)18(21)22/h1-11H,(H,19,20)(H,21,22). The predicted octanol–water partition coefficient (Wildman–Crippen LogP) is 3.90. The summed E-state index contributed by atoms with van der Waals surface area (Å²) in [7, 11) is 0. The van der Waals surface area contributed by atoms with E-state index in [2.05, 4.69) is 5.32 Å². The molecule has 114 valence electrons. The number of nitrogens with one attached hydrogen (secondary N) is 1. The van der Waals surface area contributed by atoms with Gasteiger partial charge in [0.25, 0.3) is 5.91 Å². The van der Waals surface area contributed by atoms with Crippen LogP contribution in [0.1, 0.15) is 20.9 Å². The molecule has 1 amide bonds. The van der Waals surface area contributed by atoms with E-state index in [0.29, 0.717) is 17.0 Å². The minimum Gasteiger partial charge on any atom is -0.475 e. The van der Waals surface area contributed by atoms with Crippen molar-refractivity contribution < 1.29 is 19.1 Å². The molecule has 0 saturated carbocycles. The highest BCUT2D eigenvalue weighted by Gasteiger charge is 2.10. The first kappa shape index (κ1) is 14.6. The van der Waals surface area contributed by atoms with E-state index in [1.807, 2.05) is 6.07 Å². The van der Waals surface area contributed by atoms with E-state index in [-0.39, 0.29) is 11.7 Å². The van der Waals surface area contributed by atoms with Crippen LogP contribution in [0.2, 0.25) is 0 Å². The summed E-state index contributed by atoms with van der Waals surface area (Å²) in [5, 5.41) is 11.7.